The third-order valence-corrected chi connectivity index (χ3v) is 9.81. The van der Waals surface area contributed by atoms with Gasteiger partial charge in [-0.1, -0.05) is 45.1 Å². The number of carbonyl (C=O) groups excluding carboxylic acids is 2. The second-order valence-corrected chi connectivity index (χ2v) is 14.2. The number of likely N-dealkylation sites (N-methyl/N-ethyl adjacent to an activating group) is 1. The standard InChI is InChI=1S/C36H60N2O9/c1-9-28(40)26(5)33-29(45-33)23-35(6,43)16-11-12-24(3)32-25(4)13-14-30(46-34(42)38-20-18-37(8)19-21-38)36(7,44-10-2)17-15-27(39)22-31(41)47-32/h11-14,16,25-30,32-33,39-40,43H,9-10,15,17-23H2,1-8H3/b14-13-,16-11+,24-12+/t25-,26-,27+,28-,29+,30-,32+,33+,35-,36+/m0/s1. The Kier molecular flexibility index (Phi) is 14.5. The first kappa shape index (κ1) is 39.2. The van der Waals surface area contributed by atoms with Gasteiger partial charge in [0, 0.05) is 51.0 Å². The summed E-state index contributed by atoms with van der Waals surface area (Å²) >= 11 is 0. The van der Waals surface area contributed by atoms with Crippen LogP contribution in [0.15, 0.2) is 36.0 Å². The van der Waals surface area contributed by atoms with Crippen LogP contribution < -0.4 is 0 Å². The van der Waals surface area contributed by atoms with Crippen LogP contribution in [0.5, 0.6) is 0 Å². The number of hydrogen-bond donors (Lipinski definition) is 3. The van der Waals surface area contributed by atoms with Gasteiger partial charge in [0.1, 0.15) is 11.7 Å². The molecule has 3 aliphatic heterocycles. The molecule has 47 heavy (non-hydrogen) atoms. The lowest BCUT2D eigenvalue weighted by Gasteiger charge is -2.38. The number of rotatable bonds is 11. The molecule has 0 aromatic heterocycles. The largest absolute Gasteiger partial charge is 0.457 e. The highest BCUT2D eigenvalue weighted by Gasteiger charge is 2.47. The minimum Gasteiger partial charge on any atom is -0.457 e. The van der Waals surface area contributed by atoms with Gasteiger partial charge in [0.2, 0.25) is 0 Å². The highest BCUT2D eigenvalue weighted by atomic mass is 16.6. The lowest BCUT2D eigenvalue weighted by atomic mass is 9.88. The maximum Gasteiger partial charge on any atom is 0.410 e. The molecular weight excluding hydrogens is 604 g/mol. The zero-order valence-corrected chi connectivity index (χ0v) is 29.8. The molecule has 0 unspecified atom stereocenters. The Morgan fingerprint density at radius 3 is 2.55 bits per heavy atom. The fraction of sp³-hybridized carbons (Fsp3) is 0.778. The summed E-state index contributed by atoms with van der Waals surface area (Å²) in [6.07, 6.45) is 7.06. The molecule has 11 nitrogen and oxygen atoms in total. The number of carbonyl (C=O) groups is 2. The molecule has 3 N–H and O–H groups in total. The van der Waals surface area contributed by atoms with Crippen LogP contribution in [0.25, 0.3) is 0 Å². The Morgan fingerprint density at radius 1 is 1.23 bits per heavy atom. The van der Waals surface area contributed by atoms with Gasteiger partial charge in [0.15, 0.2) is 6.10 Å². The van der Waals surface area contributed by atoms with Gasteiger partial charge in [-0.3, -0.25) is 4.79 Å². The quantitative estimate of drug-likeness (QED) is 0.128. The van der Waals surface area contributed by atoms with Crippen LogP contribution in [0.3, 0.4) is 0 Å². The Balaban J connectivity index is 1.79. The summed E-state index contributed by atoms with van der Waals surface area (Å²) in [7, 11) is 2.02. The van der Waals surface area contributed by atoms with E-state index in [1.54, 1.807) is 24.0 Å². The molecule has 268 valence electrons. The van der Waals surface area contributed by atoms with Crippen LogP contribution in [0.4, 0.5) is 4.79 Å². The third-order valence-electron chi connectivity index (χ3n) is 9.81. The van der Waals surface area contributed by atoms with Gasteiger partial charge in [-0.25, -0.2) is 4.79 Å². The van der Waals surface area contributed by atoms with Crippen LogP contribution >= 0.6 is 0 Å². The van der Waals surface area contributed by atoms with Crippen LogP contribution in [0.1, 0.15) is 80.6 Å². The van der Waals surface area contributed by atoms with E-state index in [1.807, 2.05) is 66.8 Å². The number of amides is 1. The molecule has 3 heterocycles. The molecule has 0 aliphatic carbocycles. The van der Waals surface area contributed by atoms with E-state index in [9.17, 15) is 24.9 Å². The SMILES string of the molecule is CCO[C@]1(C)CC[C@@H](O)CC(=O)O[C@H](/C(C)=C/C=C/[C@](C)(O)C[C@H]2O[C@@H]2[C@@H](C)[C@@H](O)CC)[C@@H](C)/C=C\[C@@H]1OC(=O)N1CCN(C)CC1. The molecule has 0 radical (unpaired) electrons. The zero-order valence-electron chi connectivity index (χ0n) is 29.8. The zero-order chi connectivity index (χ0) is 34.9. The van der Waals surface area contributed by atoms with Crippen molar-refractivity contribution in [1.82, 2.24) is 9.80 Å². The van der Waals surface area contributed by atoms with Gasteiger partial charge in [0.05, 0.1) is 36.4 Å². The predicted octanol–water partition coefficient (Wildman–Crippen LogP) is 4.00. The highest BCUT2D eigenvalue weighted by molar-refractivity contribution is 5.70. The average molecular weight is 665 g/mol. The number of allylic oxidation sites excluding steroid dienone is 2. The molecule has 1 amide bonds. The Hall–Kier alpha value is -2.28. The fourth-order valence-corrected chi connectivity index (χ4v) is 6.45. The van der Waals surface area contributed by atoms with E-state index in [0.717, 1.165) is 18.7 Å². The van der Waals surface area contributed by atoms with Crippen molar-refractivity contribution in [3.8, 4) is 0 Å². The fourth-order valence-electron chi connectivity index (χ4n) is 6.45. The van der Waals surface area contributed by atoms with Crippen LogP contribution in [-0.2, 0) is 23.7 Å². The Bertz CT molecular complexity index is 1120. The lowest BCUT2D eigenvalue weighted by molar-refractivity contribution is -0.152. The van der Waals surface area contributed by atoms with E-state index in [0.29, 0.717) is 39.0 Å². The molecule has 0 aromatic rings. The van der Waals surface area contributed by atoms with Gasteiger partial charge in [0.25, 0.3) is 0 Å². The molecule has 0 spiro atoms. The monoisotopic (exact) mass is 664 g/mol. The molecule has 11 heteroatoms. The van der Waals surface area contributed by atoms with Crippen molar-refractivity contribution >= 4 is 12.1 Å². The number of ether oxygens (including phenoxy) is 4. The van der Waals surface area contributed by atoms with Gasteiger partial charge < -0.3 is 44.1 Å². The molecule has 0 bridgehead atoms. The highest BCUT2D eigenvalue weighted by Crippen LogP contribution is 2.37. The second-order valence-electron chi connectivity index (χ2n) is 14.2. The minimum absolute atomic E-state index is 0.00271. The number of epoxide rings is 1. The maximum absolute atomic E-state index is 13.3. The number of cyclic esters (lactones) is 1. The summed E-state index contributed by atoms with van der Waals surface area (Å²) < 4.78 is 24.0. The van der Waals surface area contributed by atoms with Crippen molar-refractivity contribution in [2.45, 2.75) is 128 Å². The van der Waals surface area contributed by atoms with Crippen molar-refractivity contribution in [2.75, 3.05) is 39.8 Å². The van der Waals surface area contributed by atoms with E-state index < -0.39 is 47.7 Å². The summed E-state index contributed by atoms with van der Waals surface area (Å²) in [5.74, 6) is -0.830. The maximum atomic E-state index is 13.3. The molecule has 0 aromatic carbocycles. The predicted molar refractivity (Wildman–Crippen MR) is 180 cm³/mol. The number of hydrogen-bond acceptors (Lipinski definition) is 10. The van der Waals surface area contributed by atoms with Crippen LogP contribution in [0, 0.1) is 11.8 Å². The first-order valence-electron chi connectivity index (χ1n) is 17.3. The van der Waals surface area contributed by atoms with Crippen molar-refractivity contribution < 1.29 is 43.9 Å². The number of nitrogens with zero attached hydrogens (tertiary/aromatic N) is 2. The number of esters is 1. The topological polar surface area (TPSA) is 142 Å². The summed E-state index contributed by atoms with van der Waals surface area (Å²) in [6, 6.07) is 0. The summed E-state index contributed by atoms with van der Waals surface area (Å²) in [5.41, 5.74) is -1.33. The molecule has 0 saturated carbocycles. The van der Waals surface area contributed by atoms with Crippen molar-refractivity contribution in [3.05, 3.63) is 36.0 Å². The first-order valence-corrected chi connectivity index (χ1v) is 17.3. The average Bonchev–Trinajstić information content (AvgIpc) is 3.77. The van der Waals surface area contributed by atoms with Gasteiger partial charge in [-0.2, -0.15) is 0 Å². The molecule has 10 atom stereocenters. The van der Waals surface area contributed by atoms with Gasteiger partial charge in [-0.15, -0.1) is 0 Å². The van der Waals surface area contributed by atoms with Crippen LogP contribution in [-0.4, -0.2) is 125 Å². The minimum atomic E-state index is -1.14. The van der Waals surface area contributed by atoms with Crippen molar-refractivity contribution in [1.29, 1.82) is 0 Å². The van der Waals surface area contributed by atoms with Gasteiger partial charge in [-0.05, 0) is 65.7 Å². The summed E-state index contributed by atoms with van der Waals surface area (Å²) in [4.78, 5) is 30.1. The number of aliphatic hydroxyl groups is 3. The molecular formula is C36H60N2O9. The smallest absolute Gasteiger partial charge is 0.410 e. The summed E-state index contributed by atoms with van der Waals surface area (Å²) in [6.45, 7) is 16.2. The van der Waals surface area contributed by atoms with E-state index in [1.165, 1.54) is 0 Å². The van der Waals surface area contributed by atoms with E-state index in [-0.39, 0.29) is 36.9 Å². The summed E-state index contributed by atoms with van der Waals surface area (Å²) in [5, 5.41) is 32.0. The number of piperazine rings is 1. The van der Waals surface area contributed by atoms with E-state index in [4.69, 9.17) is 18.9 Å². The normalized spacial score (nSPS) is 34.8. The third kappa shape index (κ3) is 11.7. The Labute approximate surface area is 281 Å². The number of aliphatic hydroxyl groups excluding tert-OH is 2. The Morgan fingerprint density at radius 2 is 1.91 bits per heavy atom. The van der Waals surface area contributed by atoms with Crippen molar-refractivity contribution in [3.63, 3.8) is 0 Å². The molecule has 3 aliphatic rings. The first-order chi connectivity index (χ1) is 22.1. The van der Waals surface area contributed by atoms with Gasteiger partial charge >= 0.3 is 12.1 Å². The van der Waals surface area contributed by atoms with Crippen molar-refractivity contribution in [2.24, 2.45) is 11.8 Å². The molecule has 2 fully saturated rings. The lowest BCUT2D eigenvalue weighted by Crippen LogP contribution is -2.51. The van der Waals surface area contributed by atoms with E-state index >= 15 is 0 Å². The van der Waals surface area contributed by atoms with Crippen LogP contribution in [0.2, 0.25) is 0 Å². The van der Waals surface area contributed by atoms with E-state index in [2.05, 4.69) is 4.90 Å². The molecule has 2 saturated heterocycles. The molecule has 3 rings (SSSR count). The second kappa shape index (κ2) is 17.4.